The summed E-state index contributed by atoms with van der Waals surface area (Å²) in [6.45, 7) is 3.72. The van der Waals surface area contributed by atoms with E-state index in [9.17, 15) is 29.3 Å². The van der Waals surface area contributed by atoms with Gasteiger partial charge in [0.2, 0.25) is 0 Å². The van der Waals surface area contributed by atoms with E-state index in [1.807, 2.05) is 69.8 Å². The van der Waals surface area contributed by atoms with E-state index in [4.69, 9.17) is 18.5 Å². The lowest BCUT2D eigenvalue weighted by Gasteiger charge is -2.28. The Balaban J connectivity index is 4.69. The largest absolute Gasteiger partial charge is 0.756 e. The van der Waals surface area contributed by atoms with Gasteiger partial charge in [-0.15, -0.1) is 0 Å². The second-order valence-corrected chi connectivity index (χ2v) is 17.5. The molecule has 0 radical (unpaired) electrons. The number of hydrogen-bond donors (Lipinski definition) is 2. The van der Waals surface area contributed by atoms with E-state index >= 15 is 0 Å². The molecule has 2 N–H and O–H groups in total. The molecular formula is C50H82NO10P. The second-order valence-electron chi connectivity index (χ2n) is 16.1. The van der Waals surface area contributed by atoms with Crippen molar-refractivity contribution in [3.8, 4) is 0 Å². The van der Waals surface area contributed by atoms with Crippen molar-refractivity contribution >= 4 is 19.8 Å². The minimum atomic E-state index is -4.70. The molecule has 0 rings (SSSR count). The Labute approximate surface area is 375 Å². The van der Waals surface area contributed by atoms with Gasteiger partial charge in [0.1, 0.15) is 19.8 Å². The summed E-state index contributed by atoms with van der Waals surface area (Å²) < 4.78 is 33.7. The van der Waals surface area contributed by atoms with Crippen LogP contribution in [0, 0.1) is 0 Å². The van der Waals surface area contributed by atoms with Gasteiger partial charge in [0, 0.05) is 12.8 Å². The highest BCUT2D eigenvalue weighted by molar-refractivity contribution is 7.45. The molecule has 62 heavy (non-hydrogen) atoms. The maximum Gasteiger partial charge on any atom is 0.306 e. The number of likely N-dealkylation sites (N-methyl/N-ethyl adjacent to an activating group) is 1. The zero-order valence-electron chi connectivity index (χ0n) is 38.7. The van der Waals surface area contributed by atoms with Crippen molar-refractivity contribution in [2.75, 3.05) is 47.5 Å². The van der Waals surface area contributed by atoms with Crippen LogP contribution in [0.5, 0.6) is 0 Å². The fourth-order valence-corrected chi connectivity index (χ4v) is 6.08. The Morgan fingerprint density at radius 1 is 0.629 bits per heavy atom. The van der Waals surface area contributed by atoms with Crippen molar-refractivity contribution in [3.63, 3.8) is 0 Å². The first-order chi connectivity index (χ1) is 29.8. The number of aliphatic hydroxyl groups is 2. The van der Waals surface area contributed by atoms with E-state index in [0.717, 1.165) is 25.7 Å². The summed E-state index contributed by atoms with van der Waals surface area (Å²) in [5.41, 5.74) is 0. The molecular weight excluding hydrogens is 806 g/mol. The first-order valence-corrected chi connectivity index (χ1v) is 24.3. The van der Waals surface area contributed by atoms with Crippen LogP contribution in [-0.4, -0.2) is 92.5 Å². The van der Waals surface area contributed by atoms with Gasteiger partial charge < -0.3 is 38.1 Å². The summed E-state index contributed by atoms with van der Waals surface area (Å²) in [6, 6.07) is 0. The molecule has 0 aromatic rings. The quantitative estimate of drug-likeness (QED) is 0.0152. The van der Waals surface area contributed by atoms with Gasteiger partial charge in [-0.2, -0.15) is 0 Å². The number of phosphoric acid groups is 1. The zero-order chi connectivity index (χ0) is 46.0. The number of unbranched alkanes of at least 4 members (excludes halogenated alkanes) is 8. The number of carbonyl (C=O) groups is 2. The molecule has 0 amide bonds. The molecule has 0 aromatic carbocycles. The summed E-state index contributed by atoms with van der Waals surface area (Å²) in [4.78, 5) is 37.6. The lowest BCUT2D eigenvalue weighted by molar-refractivity contribution is -0.870. The molecule has 1 unspecified atom stereocenters. The Bertz CT molecular complexity index is 1450. The van der Waals surface area contributed by atoms with Crippen LogP contribution in [0.15, 0.2) is 109 Å². The highest BCUT2D eigenvalue weighted by Gasteiger charge is 2.21. The number of nitrogens with zero attached hydrogens (tertiary/aromatic N) is 1. The van der Waals surface area contributed by atoms with Crippen LogP contribution < -0.4 is 4.89 Å². The number of esters is 2. The molecule has 0 bridgehead atoms. The van der Waals surface area contributed by atoms with Gasteiger partial charge in [-0.1, -0.05) is 155 Å². The predicted octanol–water partition coefficient (Wildman–Crippen LogP) is 10.4. The Hall–Kier alpha value is -3.41. The minimum absolute atomic E-state index is 0.0732. The van der Waals surface area contributed by atoms with Crippen LogP contribution in [0.1, 0.15) is 129 Å². The average molecular weight is 888 g/mol. The minimum Gasteiger partial charge on any atom is -0.756 e. The van der Waals surface area contributed by atoms with Gasteiger partial charge in [0.15, 0.2) is 6.10 Å². The number of carbonyl (C=O) groups excluding carboxylic acids is 2. The Kier molecular flexibility index (Phi) is 38.1. The molecule has 12 heteroatoms. The van der Waals surface area contributed by atoms with E-state index < -0.39 is 44.7 Å². The molecule has 0 aliphatic rings. The molecule has 352 valence electrons. The van der Waals surface area contributed by atoms with Gasteiger partial charge in [0.25, 0.3) is 7.82 Å². The standard InChI is InChI=1S/C50H82NO10P/c1-6-8-10-11-12-13-14-15-16-17-18-19-20-21-25-28-34-41-50(55)61-48(45-60-62(56,57)59-43-42-51(3,4)5)44-58-49(54)40-35-29-33-39-47(53)38-32-27-24-22-23-26-31-37-46(52)36-30-9-7-2/h9,15-16,18-19,21,23-27,30-33,37-39,46-48,52-53H,6-8,10-14,17,20,22,28-29,34-36,40-45H2,1-5H3/b16-15-,19-18-,25-21-,26-23-,27-24-,30-9-,37-31+,38-32+,39-33-/t46-,47-,48-/m1/s1. The summed E-state index contributed by atoms with van der Waals surface area (Å²) in [6.07, 6.45) is 47.8. The molecule has 0 spiro atoms. The summed E-state index contributed by atoms with van der Waals surface area (Å²) in [5, 5.41) is 20.0. The van der Waals surface area contributed by atoms with Crippen molar-refractivity contribution in [3.05, 3.63) is 109 Å². The van der Waals surface area contributed by atoms with Crippen LogP contribution in [-0.2, 0) is 32.7 Å². The summed E-state index contributed by atoms with van der Waals surface area (Å²) >= 11 is 0. The summed E-state index contributed by atoms with van der Waals surface area (Å²) in [7, 11) is 1.00. The molecule has 4 atom stereocenters. The zero-order valence-corrected chi connectivity index (χ0v) is 39.6. The molecule has 0 heterocycles. The van der Waals surface area contributed by atoms with E-state index in [1.165, 1.54) is 38.5 Å². The van der Waals surface area contributed by atoms with Crippen LogP contribution in [0.3, 0.4) is 0 Å². The fraction of sp³-hybridized carbons (Fsp3) is 0.600. The SMILES string of the molecule is CC/C=C\C[C@@H](O)/C=C/C=C\C/C=C\C=C\[C@@H](O)/C=C\CCCC(=O)OC[C@H](COP(=O)([O-])OCC[N+](C)(C)C)OC(=O)CCC/C=C\C/C=C\C/C=C\CCCCCCCC. The molecule has 0 fully saturated rings. The van der Waals surface area contributed by atoms with Crippen molar-refractivity contribution in [2.24, 2.45) is 0 Å². The van der Waals surface area contributed by atoms with E-state index in [2.05, 4.69) is 44.2 Å². The van der Waals surface area contributed by atoms with Crippen LogP contribution in [0.4, 0.5) is 0 Å². The van der Waals surface area contributed by atoms with Gasteiger partial charge >= 0.3 is 11.9 Å². The predicted molar refractivity (Wildman–Crippen MR) is 252 cm³/mol. The third kappa shape index (κ3) is 43.2. The van der Waals surface area contributed by atoms with E-state index in [0.29, 0.717) is 49.6 Å². The fourth-order valence-electron chi connectivity index (χ4n) is 5.35. The Morgan fingerprint density at radius 3 is 1.87 bits per heavy atom. The van der Waals surface area contributed by atoms with Crippen LogP contribution in [0.25, 0.3) is 0 Å². The van der Waals surface area contributed by atoms with Crippen LogP contribution >= 0.6 is 7.82 Å². The smallest absolute Gasteiger partial charge is 0.306 e. The van der Waals surface area contributed by atoms with Crippen molar-refractivity contribution < 1.29 is 52.3 Å². The third-order valence-electron chi connectivity index (χ3n) is 8.95. The maximum absolute atomic E-state index is 12.7. The average Bonchev–Trinajstić information content (AvgIpc) is 3.21. The summed E-state index contributed by atoms with van der Waals surface area (Å²) in [5.74, 6) is -1.09. The first-order valence-electron chi connectivity index (χ1n) is 22.8. The van der Waals surface area contributed by atoms with Crippen LogP contribution in [0.2, 0.25) is 0 Å². The van der Waals surface area contributed by atoms with Gasteiger partial charge in [0.05, 0.1) is 40.0 Å². The second kappa shape index (κ2) is 40.4. The molecule has 0 aliphatic carbocycles. The number of aliphatic hydroxyl groups excluding tert-OH is 2. The van der Waals surface area contributed by atoms with Crippen molar-refractivity contribution in [1.29, 1.82) is 0 Å². The van der Waals surface area contributed by atoms with Gasteiger partial charge in [-0.25, -0.2) is 0 Å². The molecule has 0 saturated heterocycles. The molecule has 0 aromatic heterocycles. The number of hydrogen-bond acceptors (Lipinski definition) is 10. The molecule has 11 nitrogen and oxygen atoms in total. The highest BCUT2D eigenvalue weighted by atomic mass is 31.2. The number of phosphoric ester groups is 1. The number of allylic oxidation sites excluding steroid dienone is 14. The van der Waals surface area contributed by atoms with E-state index in [1.54, 1.807) is 30.4 Å². The molecule has 0 aliphatic heterocycles. The van der Waals surface area contributed by atoms with Gasteiger partial charge in [-0.05, 0) is 70.6 Å². The Morgan fingerprint density at radius 2 is 1.21 bits per heavy atom. The van der Waals surface area contributed by atoms with E-state index in [-0.39, 0.29) is 26.1 Å². The highest BCUT2D eigenvalue weighted by Crippen LogP contribution is 2.38. The van der Waals surface area contributed by atoms with Gasteiger partial charge in [-0.3, -0.25) is 14.2 Å². The molecule has 0 saturated carbocycles. The lowest BCUT2D eigenvalue weighted by atomic mass is 10.1. The monoisotopic (exact) mass is 888 g/mol. The number of quaternary nitrogens is 1. The normalized spacial score (nSPS) is 15.5. The lowest BCUT2D eigenvalue weighted by Crippen LogP contribution is -2.37. The van der Waals surface area contributed by atoms with Crippen molar-refractivity contribution in [2.45, 2.75) is 148 Å². The first kappa shape index (κ1) is 58.6. The third-order valence-corrected chi connectivity index (χ3v) is 9.92. The maximum atomic E-state index is 12.7. The number of ether oxygens (including phenoxy) is 2. The number of rotatable bonds is 39. The topological polar surface area (TPSA) is 152 Å². The van der Waals surface area contributed by atoms with Crippen molar-refractivity contribution in [1.82, 2.24) is 0 Å².